The van der Waals surface area contributed by atoms with Crippen molar-refractivity contribution < 1.29 is 14.7 Å². The zero-order valence-electron chi connectivity index (χ0n) is 12.1. The molecule has 0 unspecified atom stereocenters. The lowest BCUT2D eigenvalue weighted by Gasteiger charge is -2.31. The van der Waals surface area contributed by atoms with Gasteiger partial charge in [-0.05, 0) is 59.8 Å². The second-order valence-electron chi connectivity index (χ2n) is 5.49. The summed E-state index contributed by atoms with van der Waals surface area (Å²) in [7, 11) is 0. The third kappa shape index (κ3) is 3.75. The topological polar surface area (TPSA) is 69.6 Å². The van der Waals surface area contributed by atoms with Crippen LogP contribution in [0, 0.1) is 19.8 Å². The number of rotatable bonds is 2. The molecule has 2 amide bonds. The Bertz CT molecular complexity index is 551. The maximum absolute atomic E-state index is 12.3. The molecule has 114 valence electrons. The zero-order chi connectivity index (χ0) is 15.6. The molecular weight excluding hydrogens is 336 g/mol. The molecule has 21 heavy (non-hydrogen) atoms. The van der Waals surface area contributed by atoms with Gasteiger partial charge in [-0.3, -0.25) is 4.79 Å². The van der Waals surface area contributed by atoms with Crippen LogP contribution >= 0.6 is 15.9 Å². The van der Waals surface area contributed by atoms with Crippen LogP contribution in [0.1, 0.15) is 24.0 Å². The Hall–Kier alpha value is -1.56. The van der Waals surface area contributed by atoms with E-state index in [-0.39, 0.29) is 12.6 Å². The number of aryl methyl sites for hydroxylation is 2. The molecular formula is C15H19BrN2O3. The molecule has 1 aliphatic heterocycles. The minimum Gasteiger partial charge on any atom is -0.481 e. The Labute approximate surface area is 132 Å². The minimum atomic E-state index is -0.833. The summed E-state index contributed by atoms with van der Waals surface area (Å²) in [5.41, 5.74) is 2.83. The summed E-state index contributed by atoms with van der Waals surface area (Å²) in [5.74, 6) is -1.30. The third-order valence-corrected chi connectivity index (χ3v) is 4.35. The average molecular weight is 355 g/mol. The molecule has 0 aliphatic carbocycles. The quantitative estimate of drug-likeness (QED) is 0.854. The first-order chi connectivity index (χ1) is 9.88. The van der Waals surface area contributed by atoms with Gasteiger partial charge in [0.2, 0.25) is 0 Å². The van der Waals surface area contributed by atoms with E-state index in [0.29, 0.717) is 13.0 Å². The van der Waals surface area contributed by atoms with E-state index in [1.165, 1.54) is 0 Å². The SMILES string of the molecule is Cc1cc(C)c(NC(=O)N2CCC[C@@H](C(=O)O)C2)c(Br)c1. The van der Waals surface area contributed by atoms with Gasteiger partial charge in [0.15, 0.2) is 0 Å². The van der Waals surface area contributed by atoms with Crippen molar-refractivity contribution in [2.75, 3.05) is 18.4 Å². The van der Waals surface area contributed by atoms with Gasteiger partial charge in [-0.2, -0.15) is 0 Å². The molecule has 0 spiro atoms. The summed E-state index contributed by atoms with van der Waals surface area (Å²) in [4.78, 5) is 25.0. The lowest BCUT2D eigenvalue weighted by molar-refractivity contribution is -0.143. The minimum absolute atomic E-state index is 0.242. The van der Waals surface area contributed by atoms with Crippen LogP contribution in [0.15, 0.2) is 16.6 Å². The Morgan fingerprint density at radius 2 is 2.10 bits per heavy atom. The molecule has 5 nitrogen and oxygen atoms in total. The van der Waals surface area contributed by atoms with Crippen molar-refractivity contribution in [3.63, 3.8) is 0 Å². The highest BCUT2D eigenvalue weighted by Gasteiger charge is 2.28. The van der Waals surface area contributed by atoms with E-state index in [4.69, 9.17) is 5.11 Å². The van der Waals surface area contributed by atoms with Gasteiger partial charge < -0.3 is 15.3 Å². The van der Waals surface area contributed by atoms with Crippen molar-refractivity contribution >= 4 is 33.6 Å². The van der Waals surface area contributed by atoms with E-state index >= 15 is 0 Å². The highest BCUT2D eigenvalue weighted by atomic mass is 79.9. The molecule has 1 aromatic carbocycles. The van der Waals surface area contributed by atoms with Crippen LogP contribution in [-0.2, 0) is 4.79 Å². The van der Waals surface area contributed by atoms with Crippen LogP contribution in [-0.4, -0.2) is 35.1 Å². The number of carbonyl (C=O) groups is 2. The molecule has 1 atom stereocenters. The fraction of sp³-hybridized carbons (Fsp3) is 0.467. The van der Waals surface area contributed by atoms with Gasteiger partial charge in [-0.25, -0.2) is 4.79 Å². The van der Waals surface area contributed by atoms with E-state index in [1.54, 1.807) is 4.90 Å². The highest BCUT2D eigenvalue weighted by Crippen LogP contribution is 2.28. The Kier molecular flexibility index (Phi) is 4.88. The number of halogens is 1. The monoisotopic (exact) mass is 354 g/mol. The van der Waals surface area contributed by atoms with Gasteiger partial charge >= 0.3 is 12.0 Å². The molecule has 2 rings (SSSR count). The molecule has 2 N–H and O–H groups in total. The van der Waals surface area contributed by atoms with Gasteiger partial charge in [-0.1, -0.05) is 6.07 Å². The Morgan fingerprint density at radius 3 is 2.71 bits per heavy atom. The number of amides is 2. The molecule has 0 aromatic heterocycles. The number of urea groups is 1. The van der Waals surface area contributed by atoms with Crippen LogP contribution in [0.4, 0.5) is 10.5 Å². The smallest absolute Gasteiger partial charge is 0.321 e. The van der Waals surface area contributed by atoms with Crippen molar-refractivity contribution in [3.8, 4) is 0 Å². The van der Waals surface area contributed by atoms with Crippen molar-refractivity contribution in [2.24, 2.45) is 5.92 Å². The van der Waals surface area contributed by atoms with E-state index < -0.39 is 11.9 Å². The Morgan fingerprint density at radius 1 is 1.38 bits per heavy atom. The first-order valence-corrected chi connectivity index (χ1v) is 7.73. The summed E-state index contributed by atoms with van der Waals surface area (Å²) in [6.07, 6.45) is 1.35. The molecule has 1 aliphatic rings. The number of anilines is 1. The number of hydrogen-bond donors (Lipinski definition) is 2. The number of aliphatic carboxylic acids is 1. The normalized spacial score (nSPS) is 18.4. The van der Waals surface area contributed by atoms with Crippen LogP contribution in [0.3, 0.4) is 0 Å². The van der Waals surface area contributed by atoms with Crippen molar-refractivity contribution in [3.05, 3.63) is 27.7 Å². The number of carboxylic acids is 1. The zero-order valence-corrected chi connectivity index (χ0v) is 13.7. The number of likely N-dealkylation sites (tertiary alicyclic amines) is 1. The maximum Gasteiger partial charge on any atom is 0.321 e. The van der Waals surface area contributed by atoms with Gasteiger partial charge in [0.05, 0.1) is 11.6 Å². The molecule has 1 heterocycles. The second-order valence-corrected chi connectivity index (χ2v) is 6.35. The number of carbonyl (C=O) groups excluding carboxylic acids is 1. The molecule has 1 fully saturated rings. The molecule has 1 aromatic rings. The summed E-state index contributed by atoms with van der Waals surface area (Å²) in [6, 6.07) is 3.70. The summed E-state index contributed by atoms with van der Waals surface area (Å²) < 4.78 is 0.833. The van der Waals surface area contributed by atoms with Crippen molar-refractivity contribution in [1.82, 2.24) is 4.90 Å². The van der Waals surface area contributed by atoms with Gasteiger partial charge in [-0.15, -0.1) is 0 Å². The standard InChI is InChI=1S/C15H19BrN2O3/c1-9-6-10(2)13(12(16)7-9)17-15(21)18-5-3-4-11(8-18)14(19)20/h6-7,11H,3-5,8H2,1-2H3,(H,17,21)(H,19,20)/t11-/m1/s1. The molecule has 0 saturated carbocycles. The van der Waals surface area contributed by atoms with E-state index in [0.717, 1.165) is 27.7 Å². The first kappa shape index (κ1) is 15.8. The fourth-order valence-electron chi connectivity index (χ4n) is 2.62. The van der Waals surface area contributed by atoms with E-state index in [2.05, 4.69) is 21.2 Å². The van der Waals surface area contributed by atoms with Gasteiger partial charge in [0.25, 0.3) is 0 Å². The molecule has 1 saturated heterocycles. The summed E-state index contributed by atoms with van der Waals surface area (Å²) in [6.45, 7) is 4.79. The number of carboxylic acid groups (broad SMARTS) is 1. The van der Waals surface area contributed by atoms with Crippen LogP contribution in [0.25, 0.3) is 0 Å². The molecule has 0 bridgehead atoms. The Balaban J connectivity index is 2.10. The number of nitrogens with one attached hydrogen (secondary N) is 1. The van der Waals surface area contributed by atoms with Crippen LogP contribution in [0.2, 0.25) is 0 Å². The summed E-state index contributed by atoms with van der Waals surface area (Å²) >= 11 is 3.46. The van der Waals surface area contributed by atoms with Crippen LogP contribution < -0.4 is 5.32 Å². The average Bonchev–Trinajstić information content (AvgIpc) is 2.42. The lowest BCUT2D eigenvalue weighted by atomic mass is 9.99. The fourth-order valence-corrected chi connectivity index (χ4v) is 3.40. The number of nitrogens with zero attached hydrogens (tertiary/aromatic N) is 1. The third-order valence-electron chi connectivity index (χ3n) is 3.72. The second kappa shape index (κ2) is 6.47. The number of benzene rings is 1. The number of piperidine rings is 1. The predicted molar refractivity (Wildman–Crippen MR) is 84.6 cm³/mol. The van der Waals surface area contributed by atoms with Gasteiger partial charge in [0, 0.05) is 17.6 Å². The predicted octanol–water partition coefficient (Wildman–Crippen LogP) is 3.39. The number of hydrogen-bond acceptors (Lipinski definition) is 2. The van der Waals surface area contributed by atoms with E-state index in [1.807, 2.05) is 26.0 Å². The highest BCUT2D eigenvalue weighted by molar-refractivity contribution is 9.10. The van der Waals surface area contributed by atoms with E-state index in [9.17, 15) is 9.59 Å². The van der Waals surface area contributed by atoms with Gasteiger partial charge in [0.1, 0.15) is 0 Å². The first-order valence-electron chi connectivity index (χ1n) is 6.94. The lowest BCUT2D eigenvalue weighted by Crippen LogP contribution is -2.44. The maximum atomic E-state index is 12.3. The summed E-state index contributed by atoms with van der Waals surface area (Å²) in [5, 5.41) is 12.0. The molecule has 0 radical (unpaired) electrons. The van der Waals surface area contributed by atoms with Crippen molar-refractivity contribution in [2.45, 2.75) is 26.7 Å². The van der Waals surface area contributed by atoms with Crippen LogP contribution in [0.5, 0.6) is 0 Å². The molecule has 6 heteroatoms. The largest absolute Gasteiger partial charge is 0.481 e. The van der Waals surface area contributed by atoms with Crippen molar-refractivity contribution in [1.29, 1.82) is 0 Å².